The van der Waals surface area contributed by atoms with Crippen LogP contribution in [-0.4, -0.2) is 36.3 Å². The third-order valence-electron chi connectivity index (χ3n) is 4.01. The van der Waals surface area contributed by atoms with Crippen LogP contribution in [0.25, 0.3) is 0 Å². The van der Waals surface area contributed by atoms with E-state index in [0.717, 1.165) is 0 Å². The van der Waals surface area contributed by atoms with Gasteiger partial charge in [-0.05, 0) is 30.9 Å². The molecular formula is C17H23NO3. The van der Waals surface area contributed by atoms with Crippen molar-refractivity contribution in [3.05, 3.63) is 29.8 Å². The fourth-order valence-electron chi connectivity index (χ4n) is 2.64. The Morgan fingerprint density at radius 2 is 2.10 bits per heavy atom. The molecule has 114 valence electrons. The number of ether oxygens (including phenoxy) is 1. The van der Waals surface area contributed by atoms with E-state index in [2.05, 4.69) is 13.8 Å². The number of para-hydroxylation sites is 1. The number of carbonyl (C=O) groups excluding carboxylic acids is 2. The van der Waals surface area contributed by atoms with Crippen LogP contribution in [-0.2, 0) is 4.79 Å². The molecule has 1 aliphatic heterocycles. The zero-order chi connectivity index (χ0) is 15.4. The summed E-state index contributed by atoms with van der Waals surface area (Å²) in [5.74, 6) is 1.43. The van der Waals surface area contributed by atoms with E-state index in [1.807, 2.05) is 19.1 Å². The molecule has 4 heteroatoms. The molecule has 1 heterocycles. The first kappa shape index (κ1) is 15.5. The number of hydrogen-bond donors (Lipinski definition) is 0. The van der Waals surface area contributed by atoms with E-state index in [9.17, 15) is 9.59 Å². The standard InChI is InChI=1S/C17H23NO3/c1-4-21-16-8-6-5-7-14(16)15(19)11-18-10-13(12(2)3)9-17(18)20/h5-8,12-13H,4,9-11H2,1-3H3. The Morgan fingerprint density at radius 1 is 1.38 bits per heavy atom. The molecule has 21 heavy (non-hydrogen) atoms. The van der Waals surface area contributed by atoms with Gasteiger partial charge in [0.25, 0.3) is 0 Å². The van der Waals surface area contributed by atoms with Gasteiger partial charge in [-0.15, -0.1) is 0 Å². The molecular weight excluding hydrogens is 266 g/mol. The fraction of sp³-hybridized carbons (Fsp3) is 0.529. The summed E-state index contributed by atoms with van der Waals surface area (Å²) in [6.45, 7) is 7.47. The van der Waals surface area contributed by atoms with Crippen LogP contribution < -0.4 is 4.74 Å². The Kier molecular flexibility index (Phi) is 4.99. The smallest absolute Gasteiger partial charge is 0.223 e. The minimum Gasteiger partial charge on any atom is -0.493 e. The lowest BCUT2D eigenvalue weighted by molar-refractivity contribution is -0.127. The number of Topliss-reactive ketones (excluding diaryl/α,β-unsaturated/α-hetero) is 1. The van der Waals surface area contributed by atoms with E-state index < -0.39 is 0 Å². The van der Waals surface area contributed by atoms with Gasteiger partial charge in [0.2, 0.25) is 5.91 Å². The number of likely N-dealkylation sites (tertiary alicyclic amines) is 1. The Labute approximate surface area is 126 Å². The van der Waals surface area contributed by atoms with Gasteiger partial charge < -0.3 is 9.64 Å². The van der Waals surface area contributed by atoms with Crippen LogP contribution >= 0.6 is 0 Å². The first-order valence-electron chi connectivity index (χ1n) is 7.55. The number of ketones is 1. The van der Waals surface area contributed by atoms with Gasteiger partial charge in [-0.3, -0.25) is 9.59 Å². The second-order valence-electron chi connectivity index (χ2n) is 5.83. The molecule has 1 aromatic carbocycles. The molecule has 1 atom stereocenters. The Hall–Kier alpha value is -1.84. The molecule has 1 aromatic rings. The topological polar surface area (TPSA) is 46.6 Å². The van der Waals surface area contributed by atoms with E-state index in [-0.39, 0.29) is 18.2 Å². The van der Waals surface area contributed by atoms with Gasteiger partial charge in [0.05, 0.1) is 18.7 Å². The average Bonchev–Trinajstić information content (AvgIpc) is 2.81. The predicted octanol–water partition coefficient (Wildman–Crippen LogP) is 2.77. The summed E-state index contributed by atoms with van der Waals surface area (Å²) in [6.07, 6.45) is 0.554. The number of nitrogens with zero attached hydrogens (tertiary/aromatic N) is 1. The monoisotopic (exact) mass is 289 g/mol. The molecule has 1 aliphatic rings. The molecule has 0 aromatic heterocycles. The van der Waals surface area contributed by atoms with E-state index in [1.54, 1.807) is 17.0 Å². The summed E-state index contributed by atoms with van der Waals surface area (Å²) in [6, 6.07) is 7.21. The number of rotatable bonds is 6. The predicted molar refractivity (Wildman–Crippen MR) is 81.5 cm³/mol. The Balaban J connectivity index is 2.07. The first-order valence-corrected chi connectivity index (χ1v) is 7.55. The van der Waals surface area contributed by atoms with Crippen LogP contribution in [0.15, 0.2) is 24.3 Å². The average molecular weight is 289 g/mol. The van der Waals surface area contributed by atoms with Crippen LogP contribution in [0.3, 0.4) is 0 Å². The molecule has 1 unspecified atom stereocenters. The molecule has 1 amide bonds. The minimum atomic E-state index is -0.0585. The van der Waals surface area contributed by atoms with Crippen LogP contribution in [0.4, 0.5) is 0 Å². The maximum atomic E-state index is 12.4. The van der Waals surface area contributed by atoms with Gasteiger partial charge in [0.15, 0.2) is 5.78 Å². The molecule has 0 radical (unpaired) electrons. The molecule has 4 nitrogen and oxygen atoms in total. The fourth-order valence-corrected chi connectivity index (χ4v) is 2.64. The zero-order valence-corrected chi connectivity index (χ0v) is 13.0. The van der Waals surface area contributed by atoms with Gasteiger partial charge in [0, 0.05) is 13.0 Å². The zero-order valence-electron chi connectivity index (χ0n) is 13.0. The molecule has 0 spiro atoms. The Morgan fingerprint density at radius 3 is 2.71 bits per heavy atom. The van der Waals surface area contributed by atoms with Crippen molar-refractivity contribution in [2.45, 2.75) is 27.2 Å². The maximum Gasteiger partial charge on any atom is 0.223 e. The van der Waals surface area contributed by atoms with Crippen LogP contribution in [0.5, 0.6) is 5.75 Å². The Bertz CT molecular complexity index is 525. The molecule has 0 saturated carbocycles. The van der Waals surface area contributed by atoms with Crippen LogP contribution in [0, 0.1) is 11.8 Å². The van der Waals surface area contributed by atoms with Crippen molar-refractivity contribution in [1.29, 1.82) is 0 Å². The van der Waals surface area contributed by atoms with Crippen molar-refractivity contribution < 1.29 is 14.3 Å². The van der Waals surface area contributed by atoms with Gasteiger partial charge in [0.1, 0.15) is 5.75 Å². The molecule has 2 rings (SSSR count). The van der Waals surface area contributed by atoms with Gasteiger partial charge in [-0.2, -0.15) is 0 Å². The van der Waals surface area contributed by atoms with E-state index >= 15 is 0 Å². The van der Waals surface area contributed by atoms with E-state index in [0.29, 0.717) is 42.7 Å². The van der Waals surface area contributed by atoms with Gasteiger partial charge in [-0.25, -0.2) is 0 Å². The quantitative estimate of drug-likeness (QED) is 0.757. The summed E-state index contributed by atoms with van der Waals surface area (Å²) >= 11 is 0. The van der Waals surface area contributed by atoms with Gasteiger partial charge in [-0.1, -0.05) is 26.0 Å². The number of amides is 1. The SMILES string of the molecule is CCOc1ccccc1C(=O)CN1CC(C(C)C)CC1=O. The van der Waals surface area contributed by atoms with Crippen molar-refractivity contribution in [3.63, 3.8) is 0 Å². The van der Waals surface area contributed by atoms with Crippen molar-refractivity contribution >= 4 is 11.7 Å². The highest BCUT2D eigenvalue weighted by atomic mass is 16.5. The summed E-state index contributed by atoms with van der Waals surface area (Å²) < 4.78 is 5.48. The van der Waals surface area contributed by atoms with E-state index in [1.165, 1.54) is 0 Å². The number of hydrogen-bond acceptors (Lipinski definition) is 3. The molecule has 0 aliphatic carbocycles. The molecule has 0 bridgehead atoms. The van der Waals surface area contributed by atoms with Crippen LogP contribution in [0.2, 0.25) is 0 Å². The summed E-state index contributed by atoms with van der Waals surface area (Å²) in [5, 5.41) is 0. The molecule has 1 fully saturated rings. The van der Waals surface area contributed by atoms with Crippen molar-refractivity contribution in [2.75, 3.05) is 19.7 Å². The summed E-state index contributed by atoms with van der Waals surface area (Å²) in [5.41, 5.74) is 0.556. The minimum absolute atomic E-state index is 0.0585. The second-order valence-corrected chi connectivity index (χ2v) is 5.83. The van der Waals surface area contributed by atoms with Crippen molar-refractivity contribution in [3.8, 4) is 5.75 Å². The first-order chi connectivity index (χ1) is 10.0. The highest BCUT2D eigenvalue weighted by Gasteiger charge is 2.32. The highest BCUT2D eigenvalue weighted by Crippen LogP contribution is 2.26. The number of benzene rings is 1. The van der Waals surface area contributed by atoms with E-state index in [4.69, 9.17) is 4.74 Å². The largest absolute Gasteiger partial charge is 0.493 e. The highest BCUT2D eigenvalue weighted by molar-refractivity contribution is 6.01. The molecule has 1 saturated heterocycles. The van der Waals surface area contributed by atoms with Crippen molar-refractivity contribution in [2.24, 2.45) is 11.8 Å². The third kappa shape index (κ3) is 3.63. The lowest BCUT2D eigenvalue weighted by atomic mass is 9.95. The summed E-state index contributed by atoms with van der Waals surface area (Å²) in [4.78, 5) is 26.1. The lowest BCUT2D eigenvalue weighted by Gasteiger charge is -2.18. The normalized spacial score (nSPS) is 18.4. The van der Waals surface area contributed by atoms with Crippen LogP contribution in [0.1, 0.15) is 37.6 Å². The second kappa shape index (κ2) is 6.74. The summed E-state index contributed by atoms with van der Waals surface area (Å²) in [7, 11) is 0. The van der Waals surface area contributed by atoms with Gasteiger partial charge >= 0.3 is 0 Å². The lowest BCUT2D eigenvalue weighted by Crippen LogP contribution is -2.31. The number of carbonyl (C=O) groups is 2. The molecule has 0 N–H and O–H groups in total. The maximum absolute atomic E-state index is 12.4. The van der Waals surface area contributed by atoms with Crippen molar-refractivity contribution in [1.82, 2.24) is 4.90 Å². The third-order valence-corrected chi connectivity index (χ3v) is 4.01.